The minimum atomic E-state index is -1.04. The summed E-state index contributed by atoms with van der Waals surface area (Å²) in [5.41, 5.74) is 0. The van der Waals surface area contributed by atoms with Crippen LogP contribution in [0.4, 0.5) is 0 Å². The predicted octanol–water partition coefficient (Wildman–Crippen LogP) is 0.702. The summed E-state index contributed by atoms with van der Waals surface area (Å²) < 4.78 is 5.30. The van der Waals surface area contributed by atoms with Gasteiger partial charge in [-0.05, 0) is 22.0 Å². The molecule has 0 spiro atoms. The number of nitrogens with zero attached hydrogens (tertiary/aromatic N) is 2. The fraction of sp³-hybridized carbons (Fsp3) is 0.167. The quantitative estimate of drug-likeness (QED) is 0.831. The molecule has 0 fully saturated rings. The Kier molecular flexibility index (Phi) is 2.98. The van der Waals surface area contributed by atoms with Gasteiger partial charge in [0.25, 0.3) is 0 Å². The molecule has 0 aliphatic carbocycles. The molecule has 0 aliphatic rings. The average Bonchev–Trinajstić information content (AvgIpc) is 2.03. The van der Waals surface area contributed by atoms with Crippen LogP contribution in [-0.2, 0) is 4.79 Å². The highest BCUT2D eigenvalue weighted by atomic mass is 79.9. The first-order chi connectivity index (χ1) is 5.68. The normalized spacial score (nSPS) is 9.42. The number of ether oxygens (including phenoxy) is 1. The second kappa shape index (κ2) is 4.01. The lowest BCUT2D eigenvalue weighted by Crippen LogP contribution is -2.10. The van der Waals surface area contributed by atoms with Gasteiger partial charge in [-0.1, -0.05) is 0 Å². The first kappa shape index (κ1) is 8.92. The van der Waals surface area contributed by atoms with Crippen LogP contribution >= 0.6 is 15.9 Å². The van der Waals surface area contributed by atoms with Gasteiger partial charge in [-0.2, -0.15) is 0 Å². The summed E-state index contributed by atoms with van der Waals surface area (Å²) in [7, 11) is 0. The molecule has 0 aromatic carbocycles. The lowest BCUT2D eigenvalue weighted by atomic mass is 10.6. The Morgan fingerprint density at radius 3 is 2.83 bits per heavy atom. The number of carbonyl (C=O) groups is 1. The van der Waals surface area contributed by atoms with E-state index in [-0.39, 0.29) is 5.88 Å². The molecule has 0 atom stereocenters. The van der Waals surface area contributed by atoms with Crippen molar-refractivity contribution in [3.63, 3.8) is 0 Å². The molecule has 1 heterocycles. The number of carboxylic acid groups (broad SMARTS) is 1. The number of aromatic nitrogens is 2. The predicted molar refractivity (Wildman–Crippen MR) is 42.9 cm³/mol. The fourth-order valence-electron chi connectivity index (χ4n) is 0.516. The van der Waals surface area contributed by atoms with Gasteiger partial charge in [0, 0.05) is 6.07 Å². The van der Waals surface area contributed by atoms with Crippen molar-refractivity contribution in [2.24, 2.45) is 0 Å². The number of hydrogen-bond acceptors (Lipinski definition) is 4. The van der Waals surface area contributed by atoms with E-state index in [1.807, 2.05) is 0 Å². The fourth-order valence-corrected chi connectivity index (χ4v) is 0.728. The summed E-state index contributed by atoms with van der Waals surface area (Å²) in [5.74, 6) is -0.847. The van der Waals surface area contributed by atoms with Crippen molar-refractivity contribution in [1.29, 1.82) is 0 Å². The van der Waals surface area contributed by atoms with E-state index < -0.39 is 12.6 Å². The topological polar surface area (TPSA) is 72.3 Å². The zero-order chi connectivity index (χ0) is 8.97. The average molecular weight is 233 g/mol. The maximum Gasteiger partial charge on any atom is 0.341 e. The number of carboxylic acids is 1. The van der Waals surface area contributed by atoms with Gasteiger partial charge in [0.05, 0.1) is 0 Å². The van der Waals surface area contributed by atoms with E-state index in [1.165, 1.54) is 6.07 Å². The van der Waals surface area contributed by atoms with Crippen LogP contribution in [0.5, 0.6) is 5.88 Å². The standard InChI is InChI=1S/C6H5BrN2O3/c7-4-1-2-5(9-8-4)12-3-6(10)11/h1-2H,3H2,(H,10,11). The van der Waals surface area contributed by atoms with Crippen LogP contribution in [0.3, 0.4) is 0 Å². The molecule has 1 aromatic heterocycles. The third kappa shape index (κ3) is 2.83. The van der Waals surface area contributed by atoms with Crippen molar-refractivity contribution in [3.05, 3.63) is 16.7 Å². The van der Waals surface area contributed by atoms with Gasteiger partial charge in [-0.15, -0.1) is 10.2 Å². The number of rotatable bonds is 3. The molecule has 0 saturated heterocycles. The highest BCUT2D eigenvalue weighted by molar-refractivity contribution is 9.10. The molecule has 12 heavy (non-hydrogen) atoms. The molecule has 1 rings (SSSR count). The van der Waals surface area contributed by atoms with E-state index in [4.69, 9.17) is 9.84 Å². The minimum absolute atomic E-state index is 0.195. The van der Waals surface area contributed by atoms with Crippen molar-refractivity contribution in [1.82, 2.24) is 10.2 Å². The molecule has 6 heteroatoms. The third-order valence-electron chi connectivity index (χ3n) is 0.951. The Bertz CT molecular complexity index is 275. The molecule has 0 unspecified atom stereocenters. The van der Waals surface area contributed by atoms with Crippen molar-refractivity contribution in [3.8, 4) is 5.88 Å². The molecule has 0 amide bonds. The summed E-state index contributed by atoms with van der Waals surface area (Å²) in [6, 6.07) is 3.14. The van der Waals surface area contributed by atoms with E-state index in [1.54, 1.807) is 6.07 Å². The molecule has 0 bridgehead atoms. The summed E-state index contributed by atoms with van der Waals surface area (Å²) in [4.78, 5) is 10.1. The second-order valence-corrected chi connectivity index (χ2v) is 2.69. The van der Waals surface area contributed by atoms with Crippen LogP contribution in [0.15, 0.2) is 16.7 Å². The molecular formula is C6H5BrN2O3. The van der Waals surface area contributed by atoms with Gasteiger partial charge >= 0.3 is 5.97 Å². The highest BCUT2D eigenvalue weighted by Crippen LogP contribution is 2.08. The molecule has 1 aromatic rings. The van der Waals surface area contributed by atoms with E-state index in [0.29, 0.717) is 4.60 Å². The smallest absolute Gasteiger partial charge is 0.341 e. The summed E-state index contributed by atoms with van der Waals surface area (Å²) in [6.45, 7) is -0.406. The molecule has 5 nitrogen and oxygen atoms in total. The third-order valence-corrected chi connectivity index (χ3v) is 1.37. The Labute approximate surface area is 76.5 Å². The van der Waals surface area contributed by atoms with Gasteiger partial charge in [0.15, 0.2) is 6.61 Å². The molecule has 0 aliphatic heterocycles. The molecule has 0 saturated carbocycles. The SMILES string of the molecule is O=C(O)COc1ccc(Br)nn1. The maximum absolute atomic E-state index is 10.1. The molecule has 64 valence electrons. The first-order valence-electron chi connectivity index (χ1n) is 3.02. The van der Waals surface area contributed by atoms with Crippen LogP contribution in [0, 0.1) is 0 Å². The summed E-state index contributed by atoms with van der Waals surface area (Å²) in [6.07, 6.45) is 0. The minimum Gasteiger partial charge on any atom is -0.479 e. The van der Waals surface area contributed by atoms with Crippen LogP contribution < -0.4 is 4.74 Å². The van der Waals surface area contributed by atoms with E-state index in [2.05, 4.69) is 26.1 Å². The number of aliphatic carboxylic acids is 1. The number of halogens is 1. The van der Waals surface area contributed by atoms with Gasteiger partial charge in [-0.3, -0.25) is 0 Å². The Balaban J connectivity index is 2.53. The van der Waals surface area contributed by atoms with Gasteiger partial charge in [0.1, 0.15) is 4.60 Å². The Morgan fingerprint density at radius 2 is 2.33 bits per heavy atom. The van der Waals surface area contributed by atoms with Crippen LogP contribution in [-0.4, -0.2) is 27.9 Å². The van der Waals surface area contributed by atoms with Gasteiger partial charge < -0.3 is 9.84 Å². The highest BCUT2D eigenvalue weighted by Gasteiger charge is 1.99. The monoisotopic (exact) mass is 232 g/mol. The van der Waals surface area contributed by atoms with Crippen molar-refractivity contribution >= 4 is 21.9 Å². The molecule has 0 radical (unpaired) electrons. The largest absolute Gasteiger partial charge is 0.479 e. The zero-order valence-electron chi connectivity index (χ0n) is 5.90. The Morgan fingerprint density at radius 1 is 1.58 bits per heavy atom. The van der Waals surface area contributed by atoms with Crippen LogP contribution in [0.2, 0.25) is 0 Å². The second-order valence-electron chi connectivity index (χ2n) is 1.88. The van der Waals surface area contributed by atoms with E-state index in [9.17, 15) is 4.79 Å². The molecular weight excluding hydrogens is 228 g/mol. The van der Waals surface area contributed by atoms with Crippen molar-refractivity contribution < 1.29 is 14.6 Å². The zero-order valence-corrected chi connectivity index (χ0v) is 7.48. The Hall–Kier alpha value is -1.17. The van der Waals surface area contributed by atoms with E-state index >= 15 is 0 Å². The van der Waals surface area contributed by atoms with Crippen molar-refractivity contribution in [2.75, 3.05) is 6.61 Å². The lowest BCUT2D eigenvalue weighted by molar-refractivity contribution is -0.139. The lowest BCUT2D eigenvalue weighted by Gasteiger charge is -1.99. The van der Waals surface area contributed by atoms with Crippen LogP contribution in [0.1, 0.15) is 0 Å². The summed E-state index contributed by atoms with van der Waals surface area (Å²) in [5, 5.41) is 15.4. The van der Waals surface area contributed by atoms with Crippen molar-refractivity contribution in [2.45, 2.75) is 0 Å². The molecule has 1 N–H and O–H groups in total. The van der Waals surface area contributed by atoms with Gasteiger partial charge in [-0.25, -0.2) is 4.79 Å². The van der Waals surface area contributed by atoms with Gasteiger partial charge in [0.2, 0.25) is 5.88 Å². The number of hydrogen-bond donors (Lipinski definition) is 1. The van der Waals surface area contributed by atoms with Crippen LogP contribution in [0.25, 0.3) is 0 Å². The van der Waals surface area contributed by atoms with E-state index in [0.717, 1.165) is 0 Å². The first-order valence-corrected chi connectivity index (χ1v) is 3.81. The summed E-state index contributed by atoms with van der Waals surface area (Å²) >= 11 is 3.08. The maximum atomic E-state index is 10.1.